The second-order valence-corrected chi connectivity index (χ2v) is 3.81. The van der Waals surface area contributed by atoms with E-state index in [-0.39, 0.29) is 0 Å². The molecule has 0 unspecified atom stereocenters. The van der Waals surface area contributed by atoms with Gasteiger partial charge in [0.1, 0.15) is 6.04 Å². The Hall–Kier alpha value is -1.39. The maximum Gasteiger partial charge on any atom is 0.248 e. The highest BCUT2D eigenvalue weighted by Gasteiger charge is 2.18. The molecule has 0 amide bonds. The fourth-order valence-electron chi connectivity index (χ4n) is 1.40. The van der Waals surface area contributed by atoms with Crippen molar-refractivity contribution in [2.75, 3.05) is 0 Å². The molecule has 1 aromatic heterocycles. The summed E-state index contributed by atoms with van der Waals surface area (Å²) in [5.74, 6) is 1.04. The number of aryl methyl sites for hydroxylation is 1. The van der Waals surface area contributed by atoms with Crippen LogP contribution in [0.3, 0.4) is 0 Å². The number of aromatic nitrogens is 2. The highest BCUT2D eigenvalue weighted by atomic mass is 35.5. The van der Waals surface area contributed by atoms with Crippen LogP contribution in [0.15, 0.2) is 28.8 Å². The van der Waals surface area contributed by atoms with Gasteiger partial charge in [-0.15, -0.1) is 0 Å². The first-order valence-electron chi connectivity index (χ1n) is 5.05. The SMILES string of the molecule is CCc1noc([C@H](N)c2ccccc2Cl)n1. The van der Waals surface area contributed by atoms with Crippen molar-refractivity contribution in [3.05, 3.63) is 46.6 Å². The van der Waals surface area contributed by atoms with Crippen molar-refractivity contribution in [2.45, 2.75) is 19.4 Å². The monoisotopic (exact) mass is 237 g/mol. The van der Waals surface area contributed by atoms with Crippen molar-refractivity contribution in [1.29, 1.82) is 0 Å². The summed E-state index contributed by atoms with van der Waals surface area (Å²) in [6, 6.07) is 6.89. The molecule has 84 valence electrons. The lowest BCUT2D eigenvalue weighted by Gasteiger charge is -2.08. The van der Waals surface area contributed by atoms with E-state index in [0.717, 1.165) is 12.0 Å². The van der Waals surface area contributed by atoms with Gasteiger partial charge in [-0.3, -0.25) is 0 Å². The van der Waals surface area contributed by atoms with Crippen molar-refractivity contribution >= 4 is 11.6 Å². The maximum absolute atomic E-state index is 6.04. The van der Waals surface area contributed by atoms with Crippen LogP contribution in [-0.4, -0.2) is 10.1 Å². The standard InChI is InChI=1S/C11H12ClN3O/c1-2-9-14-11(16-15-9)10(13)7-5-3-4-6-8(7)12/h3-6,10H,2,13H2,1H3/t10-/m1/s1. The molecule has 2 N–H and O–H groups in total. The number of hydrogen-bond acceptors (Lipinski definition) is 4. The summed E-state index contributed by atoms with van der Waals surface area (Å²) in [7, 11) is 0. The van der Waals surface area contributed by atoms with Crippen molar-refractivity contribution < 1.29 is 4.52 Å². The first-order chi connectivity index (χ1) is 7.72. The van der Waals surface area contributed by atoms with Crippen LogP contribution in [0, 0.1) is 0 Å². The normalized spacial score (nSPS) is 12.7. The predicted octanol–water partition coefficient (Wildman–Crippen LogP) is 2.33. The Balaban J connectivity index is 2.31. The second kappa shape index (κ2) is 4.63. The first-order valence-corrected chi connectivity index (χ1v) is 5.42. The Morgan fingerprint density at radius 3 is 2.81 bits per heavy atom. The Kier molecular flexibility index (Phi) is 3.22. The molecule has 0 aliphatic rings. The van der Waals surface area contributed by atoms with E-state index < -0.39 is 6.04 Å². The summed E-state index contributed by atoms with van der Waals surface area (Å²) in [5, 5.41) is 4.40. The highest BCUT2D eigenvalue weighted by Crippen LogP contribution is 2.25. The molecule has 16 heavy (non-hydrogen) atoms. The lowest BCUT2D eigenvalue weighted by molar-refractivity contribution is 0.363. The summed E-state index contributed by atoms with van der Waals surface area (Å²) in [6.07, 6.45) is 0.721. The number of rotatable bonds is 3. The number of nitrogens with zero attached hydrogens (tertiary/aromatic N) is 2. The molecule has 0 radical (unpaired) electrons. The van der Waals surface area contributed by atoms with Crippen LogP contribution in [-0.2, 0) is 6.42 Å². The molecule has 2 aromatic rings. The summed E-state index contributed by atoms with van der Waals surface area (Å²) in [5.41, 5.74) is 6.79. The van der Waals surface area contributed by atoms with Gasteiger partial charge in [-0.1, -0.05) is 41.9 Å². The fourth-order valence-corrected chi connectivity index (χ4v) is 1.65. The minimum Gasteiger partial charge on any atom is -0.337 e. The molecule has 0 fully saturated rings. The van der Waals surface area contributed by atoms with Gasteiger partial charge in [-0.25, -0.2) is 0 Å². The van der Waals surface area contributed by atoms with Crippen LogP contribution in [0.2, 0.25) is 5.02 Å². The van der Waals surface area contributed by atoms with E-state index in [1.165, 1.54) is 0 Å². The minimum atomic E-state index is -0.471. The summed E-state index contributed by atoms with van der Waals surface area (Å²) < 4.78 is 5.08. The molecular weight excluding hydrogens is 226 g/mol. The van der Waals surface area contributed by atoms with E-state index in [9.17, 15) is 0 Å². The van der Waals surface area contributed by atoms with Crippen molar-refractivity contribution in [3.8, 4) is 0 Å². The average Bonchev–Trinajstić information content (AvgIpc) is 2.77. The van der Waals surface area contributed by atoms with Gasteiger partial charge < -0.3 is 10.3 Å². The molecule has 0 aliphatic heterocycles. The first kappa shape index (κ1) is 11.1. The van der Waals surface area contributed by atoms with Crippen LogP contribution in [0.4, 0.5) is 0 Å². The molecule has 1 atom stereocenters. The van der Waals surface area contributed by atoms with E-state index in [4.69, 9.17) is 21.9 Å². The Bertz CT molecular complexity index is 484. The zero-order chi connectivity index (χ0) is 11.5. The molecule has 1 aromatic carbocycles. The van der Waals surface area contributed by atoms with Gasteiger partial charge >= 0.3 is 0 Å². The molecular formula is C11H12ClN3O. The molecule has 0 aliphatic carbocycles. The van der Waals surface area contributed by atoms with Gasteiger partial charge in [0.15, 0.2) is 5.82 Å². The predicted molar refractivity (Wildman–Crippen MR) is 61.2 cm³/mol. The molecule has 2 rings (SSSR count). The Morgan fingerprint density at radius 2 is 2.19 bits per heavy atom. The quantitative estimate of drug-likeness (QED) is 0.890. The highest BCUT2D eigenvalue weighted by molar-refractivity contribution is 6.31. The third kappa shape index (κ3) is 2.08. The van der Waals surface area contributed by atoms with Crippen molar-refractivity contribution in [1.82, 2.24) is 10.1 Å². The molecule has 0 bridgehead atoms. The number of hydrogen-bond donors (Lipinski definition) is 1. The molecule has 0 saturated carbocycles. The Morgan fingerprint density at radius 1 is 1.44 bits per heavy atom. The van der Waals surface area contributed by atoms with E-state index >= 15 is 0 Å². The van der Waals surface area contributed by atoms with E-state index in [1.54, 1.807) is 6.07 Å². The number of benzene rings is 1. The fraction of sp³-hybridized carbons (Fsp3) is 0.273. The summed E-state index contributed by atoms with van der Waals surface area (Å²) in [4.78, 5) is 4.18. The summed E-state index contributed by atoms with van der Waals surface area (Å²) >= 11 is 6.04. The van der Waals surface area contributed by atoms with E-state index in [0.29, 0.717) is 16.7 Å². The summed E-state index contributed by atoms with van der Waals surface area (Å²) in [6.45, 7) is 1.95. The van der Waals surface area contributed by atoms with Crippen LogP contribution >= 0.6 is 11.6 Å². The lowest BCUT2D eigenvalue weighted by Crippen LogP contribution is -2.12. The third-order valence-electron chi connectivity index (χ3n) is 2.31. The van der Waals surface area contributed by atoms with Gasteiger partial charge in [0.05, 0.1) is 0 Å². The van der Waals surface area contributed by atoms with Crippen LogP contribution in [0.1, 0.15) is 30.2 Å². The molecule has 0 spiro atoms. The topological polar surface area (TPSA) is 64.9 Å². The van der Waals surface area contributed by atoms with Gasteiger partial charge in [-0.2, -0.15) is 4.98 Å². The van der Waals surface area contributed by atoms with E-state index in [2.05, 4.69) is 10.1 Å². The second-order valence-electron chi connectivity index (χ2n) is 3.40. The van der Waals surface area contributed by atoms with Crippen molar-refractivity contribution in [3.63, 3.8) is 0 Å². The third-order valence-corrected chi connectivity index (χ3v) is 2.65. The molecule has 1 heterocycles. The lowest BCUT2D eigenvalue weighted by atomic mass is 10.1. The van der Waals surface area contributed by atoms with Crippen LogP contribution in [0.25, 0.3) is 0 Å². The Labute approximate surface area is 98.4 Å². The smallest absolute Gasteiger partial charge is 0.248 e. The number of halogens is 1. The zero-order valence-electron chi connectivity index (χ0n) is 8.85. The van der Waals surface area contributed by atoms with Gasteiger partial charge in [0.25, 0.3) is 0 Å². The van der Waals surface area contributed by atoms with Gasteiger partial charge in [0, 0.05) is 11.4 Å². The zero-order valence-corrected chi connectivity index (χ0v) is 9.61. The van der Waals surface area contributed by atoms with Crippen LogP contribution in [0.5, 0.6) is 0 Å². The molecule has 5 heteroatoms. The number of nitrogens with two attached hydrogens (primary N) is 1. The maximum atomic E-state index is 6.04. The van der Waals surface area contributed by atoms with Gasteiger partial charge in [0.2, 0.25) is 5.89 Å². The van der Waals surface area contributed by atoms with E-state index in [1.807, 2.05) is 25.1 Å². The average molecular weight is 238 g/mol. The largest absolute Gasteiger partial charge is 0.337 e. The molecule has 4 nitrogen and oxygen atoms in total. The molecule has 0 saturated heterocycles. The van der Waals surface area contributed by atoms with Crippen LogP contribution < -0.4 is 5.73 Å². The minimum absolute atomic E-state index is 0.393. The van der Waals surface area contributed by atoms with Gasteiger partial charge in [-0.05, 0) is 11.6 Å². The van der Waals surface area contributed by atoms with Crippen molar-refractivity contribution in [2.24, 2.45) is 5.73 Å².